The van der Waals surface area contributed by atoms with Crippen LogP contribution in [-0.4, -0.2) is 70.2 Å². The number of thiazole rings is 1. The van der Waals surface area contributed by atoms with Crippen LogP contribution < -0.4 is 11.1 Å². The van der Waals surface area contributed by atoms with Gasteiger partial charge in [-0.05, 0) is 5.57 Å². The largest absolute Gasteiger partial charge is 0.477 e. The summed E-state index contributed by atoms with van der Waals surface area (Å²) in [7, 11) is 0. The third-order valence-corrected chi connectivity index (χ3v) is 7.82. The lowest BCUT2D eigenvalue weighted by Crippen LogP contribution is -2.71. The summed E-state index contributed by atoms with van der Waals surface area (Å²) in [6, 6.07) is -0.992. The summed E-state index contributed by atoms with van der Waals surface area (Å²) in [5.41, 5.74) is 5.85. The molecule has 2 aromatic heterocycles. The standard InChI is InChI=1S/C15H12N6O5S4/c16-15-18-6(4-29-15)10(22)11(23)19-8-12(24)21-9(14(25)26)5(3-28-13(8)21)2-27-7-1-17-30-20-7/h1,4,8,13H,2-3H2,(H2,16,18)(H,19,23)(H,25,26)/t8?,13-/m0/s1. The molecule has 1 unspecified atom stereocenters. The van der Waals surface area contributed by atoms with E-state index in [1.54, 1.807) is 6.20 Å². The minimum atomic E-state index is -1.22. The molecule has 4 rings (SSSR count). The van der Waals surface area contributed by atoms with E-state index in [-0.39, 0.29) is 16.5 Å². The molecule has 0 saturated carbocycles. The van der Waals surface area contributed by atoms with Crippen molar-refractivity contribution in [2.75, 3.05) is 17.2 Å². The van der Waals surface area contributed by atoms with Crippen molar-refractivity contribution >= 4 is 75.3 Å². The average Bonchev–Trinajstić information content (AvgIpc) is 3.40. The van der Waals surface area contributed by atoms with E-state index in [0.717, 1.165) is 28.0 Å². The lowest BCUT2D eigenvalue weighted by atomic mass is 10.0. The van der Waals surface area contributed by atoms with Crippen molar-refractivity contribution in [1.29, 1.82) is 0 Å². The molecule has 15 heteroatoms. The van der Waals surface area contributed by atoms with Crippen LogP contribution in [0.4, 0.5) is 5.13 Å². The third kappa shape index (κ3) is 3.80. The molecule has 4 heterocycles. The van der Waals surface area contributed by atoms with Gasteiger partial charge in [0.15, 0.2) is 5.13 Å². The molecular weight excluding hydrogens is 472 g/mol. The molecule has 2 aromatic rings. The molecule has 0 bridgehead atoms. The maximum Gasteiger partial charge on any atom is 0.352 e. The van der Waals surface area contributed by atoms with E-state index in [1.807, 2.05) is 0 Å². The molecule has 30 heavy (non-hydrogen) atoms. The number of ketones is 1. The second-order valence-electron chi connectivity index (χ2n) is 6.05. The van der Waals surface area contributed by atoms with Gasteiger partial charge in [-0.15, -0.1) is 23.1 Å². The quantitative estimate of drug-likeness (QED) is 0.214. The highest BCUT2D eigenvalue weighted by Gasteiger charge is 2.54. The predicted molar refractivity (Wildman–Crippen MR) is 111 cm³/mol. The van der Waals surface area contributed by atoms with Crippen molar-refractivity contribution in [2.24, 2.45) is 0 Å². The SMILES string of the molecule is Nc1nc(C(=O)C(=O)NC2C(=O)N3C(C(=O)O)=C(CSc4cnsn4)CS[C@@H]23)cs1. The molecule has 1 saturated heterocycles. The van der Waals surface area contributed by atoms with Crippen molar-refractivity contribution in [3.05, 3.63) is 28.5 Å². The average molecular weight is 485 g/mol. The second-order valence-corrected chi connectivity index (χ2v) is 9.60. The Morgan fingerprint density at radius 3 is 2.83 bits per heavy atom. The molecule has 2 amide bonds. The Morgan fingerprint density at radius 2 is 2.20 bits per heavy atom. The van der Waals surface area contributed by atoms with Crippen LogP contribution in [0.3, 0.4) is 0 Å². The molecule has 4 N–H and O–H groups in total. The van der Waals surface area contributed by atoms with Crippen LogP contribution in [0.1, 0.15) is 10.5 Å². The van der Waals surface area contributed by atoms with Crippen LogP contribution in [0.2, 0.25) is 0 Å². The summed E-state index contributed by atoms with van der Waals surface area (Å²) in [6.45, 7) is 0. The van der Waals surface area contributed by atoms with E-state index in [2.05, 4.69) is 19.0 Å². The summed E-state index contributed by atoms with van der Waals surface area (Å²) >= 11 is 4.73. The van der Waals surface area contributed by atoms with Crippen molar-refractivity contribution in [1.82, 2.24) is 23.9 Å². The number of nitrogen functional groups attached to an aromatic ring is 1. The Labute approximate surface area is 185 Å². The normalized spacial score (nSPS) is 20.5. The maximum atomic E-state index is 12.6. The van der Waals surface area contributed by atoms with Crippen LogP contribution >= 0.6 is 46.6 Å². The molecule has 156 valence electrons. The molecule has 2 atom stereocenters. The Balaban J connectivity index is 1.46. The number of hydrogen-bond acceptors (Lipinski definition) is 12. The van der Waals surface area contributed by atoms with Crippen molar-refractivity contribution < 1.29 is 24.3 Å². The van der Waals surface area contributed by atoms with Gasteiger partial charge >= 0.3 is 5.97 Å². The molecule has 0 spiro atoms. The van der Waals surface area contributed by atoms with Gasteiger partial charge in [-0.1, -0.05) is 11.8 Å². The number of thioether (sulfide) groups is 2. The molecule has 0 radical (unpaired) electrons. The Bertz CT molecular complexity index is 1070. The molecule has 2 aliphatic heterocycles. The first-order valence-electron chi connectivity index (χ1n) is 8.23. The molecule has 2 aliphatic rings. The van der Waals surface area contributed by atoms with Gasteiger partial charge in [-0.3, -0.25) is 19.3 Å². The van der Waals surface area contributed by atoms with Gasteiger partial charge in [0, 0.05) is 16.9 Å². The van der Waals surface area contributed by atoms with Crippen LogP contribution in [0.15, 0.2) is 27.9 Å². The summed E-state index contributed by atoms with van der Waals surface area (Å²) in [5, 5.41) is 13.6. The predicted octanol–water partition coefficient (Wildman–Crippen LogP) is 0.290. The Kier molecular flexibility index (Phi) is 5.77. The molecule has 1 fully saturated rings. The number of nitrogens with one attached hydrogen (secondary N) is 1. The zero-order valence-corrected chi connectivity index (χ0v) is 18.1. The first-order valence-corrected chi connectivity index (χ1v) is 11.9. The number of amides is 2. The number of hydrogen-bond donors (Lipinski definition) is 3. The van der Waals surface area contributed by atoms with E-state index >= 15 is 0 Å². The first kappa shape index (κ1) is 20.8. The van der Waals surface area contributed by atoms with Crippen molar-refractivity contribution in [3.8, 4) is 0 Å². The van der Waals surface area contributed by atoms with Crippen molar-refractivity contribution in [2.45, 2.75) is 16.4 Å². The number of rotatable bonds is 7. The maximum absolute atomic E-state index is 12.6. The fraction of sp³-hybridized carbons (Fsp3) is 0.267. The van der Waals surface area contributed by atoms with Crippen LogP contribution in [0.25, 0.3) is 0 Å². The number of aromatic nitrogens is 3. The summed E-state index contributed by atoms with van der Waals surface area (Å²) in [5.74, 6) is -2.99. The summed E-state index contributed by atoms with van der Waals surface area (Å²) < 4.78 is 7.96. The first-order chi connectivity index (χ1) is 14.4. The number of β-lactam (4-membered cyclic amide) rings is 1. The smallest absolute Gasteiger partial charge is 0.352 e. The topological polar surface area (TPSA) is 168 Å². The minimum Gasteiger partial charge on any atom is -0.477 e. The number of carboxylic acid groups (broad SMARTS) is 1. The summed E-state index contributed by atoms with van der Waals surface area (Å²) in [4.78, 5) is 53.7. The fourth-order valence-corrected chi connectivity index (χ4v) is 6.30. The van der Waals surface area contributed by atoms with Crippen LogP contribution in [-0.2, 0) is 14.4 Å². The van der Waals surface area contributed by atoms with Gasteiger partial charge in [-0.25, -0.2) is 9.78 Å². The minimum absolute atomic E-state index is 0.0939. The molecule has 11 nitrogen and oxygen atoms in total. The lowest BCUT2D eigenvalue weighted by Gasteiger charge is -2.49. The Hall–Kier alpha value is -2.49. The zero-order valence-electron chi connectivity index (χ0n) is 14.8. The number of anilines is 1. The molecular formula is C15H12N6O5S4. The van der Waals surface area contributed by atoms with E-state index < -0.39 is 35.0 Å². The highest BCUT2D eigenvalue weighted by Crippen LogP contribution is 2.41. The van der Waals surface area contributed by atoms with E-state index in [4.69, 9.17) is 5.73 Å². The number of carbonyl (C=O) groups excluding carboxylic acids is 3. The van der Waals surface area contributed by atoms with Crippen molar-refractivity contribution in [3.63, 3.8) is 0 Å². The van der Waals surface area contributed by atoms with Gasteiger partial charge in [0.25, 0.3) is 17.6 Å². The van der Waals surface area contributed by atoms with Gasteiger partial charge < -0.3 is 16.2 Å². The van der Waals surface area contributed by atoms with Gasteiger partial charge in [0.1, 0.15) is 27.8 Å². The number of carboxylic acids is 1. The van der Waals surface area contributed by atoms with E-state index in [9.17, 15) is 24.3 Å². The number of fused-ring (bicyclic) bond motifs is 1. The van der Waals surface area contributed by atoms with Crippen LogP contribution in [0, 0.1) is 0 Å². The summed E-state index contributed by atoms with van der Waals surface area (Å²) in [6.07, 6.45) is 1.59. The number of carbonyl (C=O) groups is 4. The number of aliphatic carboxylic acids is 1. The number of Topliss-reactive ketones (excluding diaryl/α,β-unsaturated/α-hetero) is 1. The lowest BCUT2D eigenvalue weighted by molar-refractivity contribution is -0.150. The van der Waals surface area contributed by atoms with Crippen LogP contribution in [0.5, 0.6) is 0 Å². The molecule has 0 aromatic carbocycles. The Morgan fingerprint density at radius 1 is 1.40 bits per heavy atom. The third-order valence-electron chi connectivity index (χ3n) is 4.23. The zero-order chi connectivity index (χ0) is 21.4. The van der Waals surface area contributed by atoms with E-state index in [0.29, 0.717) is 22.1 Å². The number of nitrogens with zero attached hydrogens (tertiary/aromatic N) is 4. The number of nitrogens with two attached hydrogens (primary N) is 1. The van der Waals surface area contributed by atoms with Gasteiger partial charge in [0.2, 0.25) is 0 Å². The van der Waals surface area contributed by atoms with E-state index in [1.165, 1.54) is 28.9 Å². The second kappa shape index (κ2) is 8.33. The highest BCUT2D eigenvalue weighted by atomic mass is 32.2. The highest BCUT2D eigenvalue weighted by molar-refractivity contribution is 8.01. The monoisotopic (exact) mass is 484 g/mol. The molecule has 0 aliphatic carbocycles. The van der Waals surface area contributed by atoms with Gasteiger partial charge in [0.05, 0.1) is 17.9 Å². The van der Waals surface area contributed by atoms with Gasteiger partial charge in [-0.2, -0.15) is 8.75 Å². The fourth-order valence-electron chi connectivity index (χ4n) is 2.89.